The summed E-state index contributed by atoms with van der Waals surface area (Å²) in [5.41, 5.74) is 1.30. The van der Waals surface area contributed by atoms with Gasteiger partial charge in [0.2, 0.25) is 5.91 Å². The number of likely N-dealkylation sites (tertiary alicyclic amines) is 1. The van der Waals surface area contributed by atoms with Gasteiger partial charge in [0.05, 0.1) is 6.04 Å². The van der Waals surface area contributed by atoms with Gasteiger partial charge in [0, 0.05) is 31.7 Å². The van der Waals surface area contributed by atoms with Gasteiger partial charge in [-0.05, 0) is 74.7 Å². The van der Waals surface area contributed by atoms with Crippen LogP contribution in [0.15, 0.2) is 30.3 Å². The van der Waals surface area contributed by atoms with Gasteiger partial charge in [-0.2, -0.15) is 0 Å². The van der Waals surface area contributed by atoms with E-state index in [-0.39, 0.29) is 11.9 Å². The zero-order valence-electron chi connectivity index (χ0n) is 17.1. The number of benzene rings is 1. The third kappa shape index (κ3) is 3.61. The van der Waals surface area contributed by atoms with Crippen molar-refractivity contribution in [1.29, 1.82) is 0 Å². The van der Waals surface area contributed by atoms with Gasteiger partial charge in [0.1, 0.15) is 0 Å². The van der Waals surface area contributed by atoms with Crippen molar-refractivity contribution < 1.29 is 4.79 Å². The molecule has 152 valence electrons. The van der Waals surface area contributed by atoms with Crippen LogP contribution in [-0.2, 0) is 11.3 Å². The molecule has 5 fully saturated rings. The number of carbonyl (C=O) groups is 1. The quantitative estimate of drug-likeness (QED) is 0.795. The molecule has 0 unspecified atom stereocenters. The third-order valence-electron chi connectivity index (χ3n) is 7.94. The first-order valence-corrected chi connectivity index (χ1v) is 11.5. The highest BCUT2D eigenvalue weighted by atomic mass is 16.2. The molecule has 1 saturated heterocycles. The van der Waals surface area contributed by atoms with E-state index in [0.29, 0.717) is 18.6 Å². The van der Waals surface area contributed by atoms with Crippen LogP contribution in [-0.4, -0.2) is 42.0 Å². The summed E-state index contributed by atoms with van der Waals surface area (Å²) in [6.45, 7) is 4.57. The van der Waals surface area contributed by atoms with Crippen molar-refractivity contribution in [2.75, 3.05) is 13.1 Å². The zero-order valence-corrected chi connectivity index (χ0v) is 17.1. The Morgan fingerprint density at radius 1 is 1.00 bits per heavy atom. The van der Waals surface area contributed by atoms with Crippen molar-refractivity contribution in [3.8, 4) is 0 Å². The second-order valence-electron chi connectivity index (χ2n) is 9.88. The van der Waals surface area contributed by atoms with Gasteiger partial charge in [-0.25, -0.2) is 0 Å². The fourth-order valence-electron chi connectivity index (χ4n) is 7.05. The lowest BCUT2D eigenvalue weighted by Gasteiger charge is -2.55. The fraction of sp³-hybridized carbons (Fsp3) is 0.708. The monoisotopic (exact) mass is 381 g/mol. The van der Waals surface area contributed by atoms with Crippen molar-refractivity contribution in [3.63, 3.8) is 0 Å². The summed E-state index contributed by atoms with van der Waals surface area (Å²) in [6.07, 6.45) is 8.25. The van der Waals surface area contributed by atoms with Crippen LogP contribution in [0.5, 0.6) is 0 Å². The van der Waals surface area contributed by atoms with Gasteiger partial charge in [-0.1, -0.05) is 30.3 Å². The van der Waals surface area contributed by atoms with Crippen LogP contribution in [0, 0.1) is 23.7 Å². The molecule has 1 aromatic rings. The lowest BCUT2D eigenvalue weighted by atomic mass is 9.54. The fourth-order valence-corrected chi connectivity index (χ4v) is 7.05. The molecule has 4 nitrogen and oxygen atoms in total. The number of hydrogen-bond acceptors (Lipinski definition) is 3. The summed E-state index contributed by atoms with van der Waals surface area (Å²) in [4.78, 5) is 15.1. The lowest BCUT2D eigenvalue weighted by Crippen LogP contribution is -2.57. The van der Waals surface area contributed by atoms with E-state index in [0.717, 1.165) is 43.2 Å². The SMILES string of the molecule is CCNC(=O)[C@@H]1C[C@@H](NC2C3CC4CC(C3)CC2C4)CN1Cc1ccccc1. The maximum Gasteiger partial charge on any atom is 0.237 e. The van der Waals surface area contributed by atoms with E-state index in [1.54, 1.807) is 0 Å². The molecule has 4 saturated carbocycles. The second kappa shape index (κ2) is 7.79. The Labute approximate surface area is 169 Å². The highest BCUT2D eigenvalue weighted by Gasteiger charge is 2.49. The van der Waals surface area contributed by atoms with Gasteiger partial charge in [-0.3, -0.25) is 9.69 Å². The molecule has 4 heteroatoms. The third-order valence-corrected chi connectivity index (χ3v) is 7.94. The first-order chi connectivity index (χ1) is 13.7. The molecule has 4 aliphatic carbocycles. The molecular weight excluding hydrogens is 346 g/mol. The van der Waals surface area contributed by atoms with Crippen molar-refractivity contribution in [3.05, 3.63) is 35.9 Å². The molecule has 0 spiro atoms. The van der Waals surface area contributed by atoms with Crippen LogP contribution in [0.25, 0.3) is 0 Å². The molecule has 1 heterocycles. The van der Waals surface area contributed by atoms with E-state index in [1.165, 1.54) is 37.7 Å². The summed E-state index contributed by atoms with van der Waals surface area (Å²) in [5, 5.41) is 7.15. The average Bonchev–Trinajstić information content (AvgIpc) is 3.07. The number of amides is 1. The Morgan fingerprint density at radius 2 is 1.68 bits per heavy atom. The average molecular weight is 382 g/mol. The largest absolute Gasteiger partial charge is 0.355 e. The van der Waals surface area contributed by atoms with E-state index in [9.17, 15) is 4.79 Å². The van der Waals surface area contributed by atoms with Crippen molar-refractivity contribution >= 4 is 5.91 Å². The van der Waals surface area contributed by atoms with Crippen LogP contribution in [0.3, 0.4) is 0 Å². The predicted molar refractivity (Wildman–Crippen MR) is 112 cm³/mol. The molecular formula is C24H35N3O. The van der Waals surface area contributed by atoms with Gasteiger partial charge < -0.3 is 10.6 Å². The molecule has 1 aliphatic heterocycles. The van der Waals surface area contributed by atoms with Gasteiger partial charge >= 0.3 is 0 Å². The molecule has 2 atom stereocenters. The Morgan fingerprint density at radius 3 is 2.32 bits per heavy atom. The molecule has 0 radical (unpaired) electrons. The smallest absolute Gasteiger partial charge is 0.237 e. The number of carbonyl (C=O) groups excluding carboxylic acids is 1. The second-order valence-corrected chi connectivity index (χ2v) is 9.88. The van der Waals surface area contributed by atoms with Crippen molar-refractivity contribution in [2.45, 2.75) is 70.1 Å². The van der Waals surface area contributed by atoms with E-state index in [4.69, 9.17) is 0 Å². The molecule has 0 aromatic heterocycles. The van der Waals surface area contributed by atoms with Gasteiger partial charge in [0.25, 0.3) is 0 Å². The highest BCUT2D eigenvalue weighted by Crippen LogP contribution is 2.53. The van der Waals surface area contributed by atoms with Gasteiger partial charge in [-0.15, -0.1) is 0 Å². The normalized spacial score (nSPS) is 39.4. The molecule has 28 heavy (non-hydrogen) atoms. The summed E-state index contributed by atoms with van der Waals surface area (Å²) in [6, 6.07) is 11.7. The van der Waals surface area contributed by atoms with Crippen LogP contribution >= 0.6 is 0 Å². The summed E-state index contributed by atoms with van der Waals surface area (Å²) in [5.74, 6) is 4.01. The minimum atomic E-state index is -0.00510. The Balaban J connectivity index is 1.27. The van der Waals surface area contributed by atoms with Crippen LogP contribution in [0.4, 0.5) is 0 Å². The molecule has 5 aliphatic rings. The van der Waals surface area contributed by atoms with E-state index in [2.05, 4.69) is 45.9 Å². The summed E-state index contributed by atoms with van der Waals surface area (Å²) < 4.78 is 0. The number of nitrogens with one attached hydrogen (secondary N) is 2. The number of likely N-dealkylation sites (N-methyl/N-ethyl adjacent to an activating group) is 1. The lowest BCUT2D eigenvalue weighted by molar-refractivity contribution is -0.125. The van der Waals surface area contributed by atoms with Gasteiger partial charge in [0.15, 0.2) is 0 Å². The van der Waals surface area contributed by atoms with E-state index < -0.39 is 0 Å². The van der Waals surface area contributed by atoms with E-state index >= 15 is 0 Å². The zero-order chi connectivity index (χ0) is 19.1. The van der Waals surface area contributed by atoms with Crippen molar-refractivity contribution in [2.24, 2.45) is 23.7 Å². The highest BCUT2D eigenvalue weighted by molar-refractivity contribution is 5.82. The molecule has 1 aromatic carbocycles. The maximum atomic E-state index is 12.7. The summed E-state index contributed by atoms with van der Waals surface area (Å²) >= 11 is 0. The first kappa shape index (κ1) is 18.6. The number of rotatable bonds is 6. The van der Waals surface area contributed by atoms with Crippen molar-refractivity contribution in [1.82, 2.24) is 15.5 Å². The maximum absolute atomic E-state index is 12.7. The molecule has 4 bridgehead atoms. The summed E-state index contributed by atoms with van der Waals surface area (Å²) in [7, 11) is 0. The predicted octanol–water partition coefficient (Wildman–Crippen LogP) is 3.18. The number of hydrogen-bond donors (Lipinski definition) is 2. The van der Waals surface area contributed by atoms with Crippen LogP contribution in [0.1, 0.15) is 51.0 Å². The minimum Gasteiger partial charge on any atom is -0.355 e. The molecule has 2 N–H and O–H groups in total. The van der Waals surface area contributed by atoms with E-state index in [1.807, 2.05) is 6.92 Å². The van der Waals surface area contributed by atoms with Crippen LogP contribution in [0.2, 0.25) is 0 Å². The minimum absolute atomic E-state index is 0.00510. The first-order valence-electron chi connectivity index (χ1n) is 11.5. The molecule has 1 amide bonds. The Hall–Kier alpha value is -1.39. The topological polar surface area (TPSA) is 44.4 Å². The molecule has 6 rings (SSSR count). The van der Waals surface area contributed by atoms with Crippen LogP contribution < -0.4 is 10.6 Å². The standard InChI is InChI=1S/C24H35N3O/c1-2-25-24(28)22-13-21(15-27(22)14-16-6-4-3-5-7-16)26-23-19-9-17-8-18(11-19)12-20(23)10-17/h3-7,17-23,26H,2,8-15H2,1H3,(H,25,28)/t17?,18?,19?,20?,21-,22+,23?/m1/s1. The number of nitrogens with zero attached hydrogens (tertiary/aromatic N) is 1. The Kier molecular flexibility index (Phi) is 5.18. The Bertz CT molecular complexity index is 662.